The molecule has 122 valence electrons. The first kappa shape index (κ1) is 16.2. The summed E-state index contributed by atoms with van der Waals surface area (Å²) in [5.74, 6) is 0. The van der Waals surface area contributed by atoms with Crippen molar-refractivity contribution in [3.05, 3.63) is 53.7 Å². The second kappa shape index (κ2) is 6.47. The Hall–Kier alpha value is -1.63. The van der Waals surface area contributed by atoms with Crippen molar-refractivity contribution in [1.82, 2.24) is 0 Å². The molecule has 23 heavy (non-hydrogen) atoms. The molecule has 0 N–H and O–H groups in total. The summed E-state index contributed by atoms with van der Waals surface area (Å²) in [4.78, 5) is 0. The number of fused-ring (bicyclic) bond motifs is 3. The molecule has 1 heteroatoms. The Morgan fingerprint density at radius 2 is 1.87 bits per heavy atom. The summed E-state index contributed by atoms with van der Waals surface area (Å²) in [7, 11) is 0. The number of rotatable bonds is 5. The summed E-state index contributed by atoms with van der Waals surface area (Å²) in [5.41, 5.74) is 6.06. The molecule has 0 aliphatic carbocycles. The summed E-state index contributed by atoms with van der Waals surface area (Å²) in [6, 6.07) is 14.4. The molecule has 1 aromatic carbocycles. The maximum absolute atomic E-state index is 2.54. The van der Waals surface area contributed by atoms with Gasteiger partial charge in [0.25, 0.3) is 0 Å². The lowest BCUT2D eigenvalue weighted by Gasteiger charge is -2.38. The number of hydrogen-bond donors (Lipinski definition) is 0. The number of nitrogens with zero attached hydrogens (tertiary/aromatic N) is 1. The quantitative estimate of drug-likeness (QED) is 0.631. The molecule has 3 rings (SSSR count). The van der Waals surface area contributed by atoms with Gasteiger partial charge in [-0.25, -0.2) is 0 Å². The molecule has 1 nitrogen and oxygen atoms in total. The second-order valence-electron chi connectivity index (χ2n) is 7.17. The van der Waals surface area contributed by atoms with E-state index in [-0.39, 0.29) is 5.41 Å². The van der Waals surface area contributed by atoms with Gasteiger partial charge in [0.2, 0.25) is 5.69 Å². The zero-order valence-electron chi connectivity index (χ0n) is 15.1. The van der Waals surface area contributed by atoms with Crippen molar-refractivity contribution in [3.63, 3.8) is 0 Å². The van der Waals surface area contributed by atoms with Crippen LogP contribution in [0.5, 0.6) is 0 Å². The van der Waals surface area contributed by atoms with Gasteiger partial charge in [0, 0.05) is 18.6 Å². The minimum absolute atomic E-state index is 0.216. The average molecular weight is 308 g/mol. The van der Waals surface area contributed by atoms with E-state index in [1.165, 1.54) is 54.5 Å². The normalized spacial score (nSPS) is 22.5. The lowest BCUT2D eigenvalue weighted by Crippen LogP contribution is -2.54. The highest BCUT2D eigenvalue weighted by atomic mass is 15.0. The lowest BCUT2D eigenvalue weighted by atomic mass is 9.68. The van der Waals surface area contributed by atoms with Gasteiger partial charge in [-0.3, -0.25) is 0 Å². The van der Waals surface area contributed by atoms with Crippen molar-refractivity contribution in [2.24, 2.45) is 0 Å². The van der Waals surface area contributed by atoms with Crippen LogP contribution in [0.2, 0.25) is 0 Å². The van der Waals surface area contributed by atoms with Crippen LogP contribution in [0, 0.1) is 0 Å². The zero-order chi connectivity index (χ0) is 16.4. The van der Waals surface area contributed by atoms with Gasteiger partial charge in [-0.05, 0) is 43.4 Å². The van der Waals surface area contributed by atoms with Crippen LogP contribution in [0.1, 0.15) is 70.5 Å². The van der Waals surface area contributed by atoms with Crippen LogP contribution in [0.3, 0.4) is 0 Å². The van der Waals surface area contributed by atoms with Crippen LogP contribution in [-0.2, 0) is 11.8 Å². The molecule has 0 fully saturated rings. The number of pyridine rings is 1. The minimum atomic E-state index is 0.216. The topological polar surface area (TPSA) is 3.88 Å². The van der Waals surface area contributed by atoms with Crippen LogP contribution in [0.15, 0.2) is 42.6 Å². The van der Waals surface area contributed by atoms with Gasteiger partial charge in [-0.15, -0.1) is 0 Å². The van der Waals surface area contributed by atoms with Gasteiger partial charge in [0.05, 0.1) is 11.0 Å². The molecule has 0 spiro atoms. The van der Waals surface area contributed by atoms with E-state index in [1.807, 2.05) is 0 Å². The molecule has 2 atom stereocenters. The monoisotopic (exact) mass is 308 g/mol. The Balaban J connectivity index is 2.18. The molecule has 2 aromatic rings. The fourth-order valence-corrected chi connectivity index (χ4v) is 4.34. The van der Waals surface area contributed by atoms with Crippen LogP contribution < -0.4 is 4.57 Å². The number of unbranched alkanes of at least 4 members (excludes halogenated alkanes) is 1. The summed E-state index contributed by atoms with van der Waals surface area (Å²) >= 11 is 0. The summed E-state index contributed by atoms with van der Waals surface area (Å²) in [5, 5.41) is 0. The lowest BCUT2D eigenvalue weighted by molar-refractivity contribution is -0.724. The van der Waals surface area contributed by atoms with Crippen LogP contribution in [-0.4, -0.2) is 0 Å². The van der Waals surface area contributed by atoms with E-state index < -0.39 is 0 Å². The molecule has 0 saturated carbocycles. The van der Waals surface area contributed by atoms with Crippen molar-refractivity contribution in [3.8, 4) is 11.3 Å². The molecule has 0 amide bonds. The number of aryl methyl sites for hydroxylation is 1. The third-order valence-corrected chi connectivity index (χ3v) is 5.88. The van der Waals surface area contributed by atoms with Gasteiger partial charge in [0.1, 0.15) is 0 Å². The smallest absolute Gasteiger partial charge is 0.195 e. The SMILES string of the molecule is CCCCc1cc[n+]2c(c1)-c1ccccc1C(C)(CC)C2CC. The Kier molecular flexibility index (Phi) is 4.57. The van der Waals surface area contributed by atoms with Crippen molar-refractivity contribution in [2.75, 3.05) is 0 Å². The molecule has 0 radical (unpaired) electrons. The highest BCUT2D eigenvalue weighted by molar-refractivity contribution is 5.65. The van der Waals surface area contributed by atoms with Crippen LogP contribution in [0.4, 0.5) is 0 Å². The van der Waals surface area contributed by atoms with E-state index in [9.17, 15) is 0 Å². The molecule has 1 aliphatic heterocycles. The maximum atomic E-state index is 2.54. The zero-order valence-corrected chi connectivity index (χ0v) is 15.1. The van der Waals surface area contributed by atoms with Crippen LogP contribution in [0.25, 0.3) is 11.3 Å². The highest BCUT2D eigenvalue weighted by Crippen LogP contribution is 2.45. The predicted molar refractivity (Wildman–Crippen MR) is 97.7 cm³/mol. The maximum Gasteiger partial charge on any atom is 0.213 e. The summed E-state index contributed by atoms with van der Waals surface area (Å²) in [6.45, 7) is 9.37. The molecule has 1 aliphatic rings. The summed E-state index contributed by atoms with van der Waals surface area (Å²) < 4.78 is 2.54. The number of hydrogen-bond acceptors (Lipinski definition) is 0. The van der Waals surface area contributed by atoms with Gasteiger partial charge >= 0.3 is 0 Å². The minimum Gasteiger partial charge on any atom is -0.195 e. The number of aromatic nitrogens is 1. The second-order valence-corrected chi connectivity index (χ2v) is 7.17. The molecule has 2 heterocycles. The molecule has 0 saturated heterocycles. The summed E-state index contributed by atoms with van der Waals surface area (Å²) in [6.07, 6.45) is 8.41. The number of benzene rings is 1. The van der Waals surface area contributed by atoms with E-state index in [0.717, 1.165) is 0 Å². The first-order valence-corrected chi connectivity index (χ1v) is 9.29. The van der Waals surface area contributed by atoms with Gasteiger partial charge < -0.3 is 0 Å². The first-order valence-electron chi connectivity index (χ1n) is 9.29. The van der Waals surface area contributed by atoms with Crippen LogP contribution >= 0.6 is 0 Å². The Bertz CT molecular complexity index is 688. The Labute approximate surface area is 141 Å². The van der Waals surface area contributed by atoms with Gasteiger partial charge in [-0.2, -0.15) is 4.57 Å². The van der Waals surface area contributed by atoms with E-state index in [4.69, 9.17) is 0 Å². The first-order chi connectivity index (χ1) is 11.2. The van der Waals surface area contributed by atoms with E-state index in [2.05, 4.69) is 74.9 Å². The molecule has 0 bridgehead atoms. The predicted octanol–water partition coefficient (Wildman–Crippen LogP) is 5.62. The van der Waals surface area contributed by atoms with E-state index in [0.29, 0.717) is 6.04 Å². The fraction of sp³-hybridized carbons (Fsp3) is 0.500. The molecule has 2 unspecified atom stereocenters. The van der Waals surface area contributed by atoms with Gasteiger partial charge in [0.15, 0.2) is 12.2 Å². The molecule has 1 aromatic heterocycles. The Morgan fingerprint density at radius 1 is 1.09 bits per heavy atom. The largest absolute Gasteiger partial charge is 0.213 e. The third-order valence-electron chi connectivity index (χ3n) is 5.88. The third kappa shape index (κ3) is 2.60. The van der Waals surface area contributed by atoms with E-state index in [1.54, 1.807) is 0 Å². The molecular weight excluding hydrogens is 278 g/mol. The van der Waals surface area contributed by atoms with E-state index >= 15 is 0 Å². The molecular formula is C22H30N+. The van der Waals surface area contributed by atoms with Crippen molar-refractivity contribution in [2.45, 2.75) is 71.3 Å². The average Bonchev–Trinajstić information content (AvgIpc) is 2.60. The standard InChI is InChI=1S/C22H30N/c1-5-8-11-17-14-15-23-20(16-17)18-12-9-10-13-19(18)22(4,7-3)21(23)6-2/h9-10,12-16,21H,5-8,11H2,1-4H3/q+1. The van der Waals surface area contributed by atoms with Crippen molar-refractivity contribution < 1.29 is 4.57 Å². The van der Waals surface area contributed by atoms with Crippen molar-refractivity contribution in [1.29, 1.82) is 0 Å². The van der Waals surface area contributed by atoms with Gasteiger partial charge in [-0.1, -0.05) is 45.4 Å². The Morgan fingerprint density at radius 3 is 2.57 bits per heavy atom. The fourth-order valence-electron chi connectivity index (χ4n) is 4.34. The van der Waals surface area contributed by atoms with Crippen molar-refractivity contribution >= 4 is 0 Å². The highest BCUT2D eigenvalue weighted by Gasteiger charge is 2.46.